The van der Waals surface area contributed by atoms with Crippen molar-refractivity contribution in [3.63, 3.8) is 0 Å². The van der Waals surface area contributed by atoms with Gasteiger partial charge in [0, 0.05) is 12.6 Å². The third-order valence-corrected chi connectivity index (χ3v) is 2.35. The number of nitrogens with one attached hydrogen (secondary N) is 1. The highest BCUT2D eigenvalue weighted by Gasteiger charge is 2.24. The van der Waals surface area contributed by atoms with Crippen LogP contribution in [0.2, 0.25) is 0 Å². The Kier molecular flexibility index (Phi) is 3.76. The van der Waals surface area contributed by atoms with Gasteiger partial charge in [-0.25, -0.2) is 0 Å². The molecule has 1 aliphatic heterocycles. The Morgan fingerprint density at radius 2 is 2.50 bits per heavy atom. The van der Waals surface area contributed by atoms with E-state index in [-0.39, 0.29) is 0 Å². The van der Waals surface area contributed by atoms with E-state index in [2.05, 4.69) is 18.8 Å². The smallest absolute Gasteiger partial charge is 0.0731 e. The molecular weight excluding hydrogens is 150 g/mol. The number of likely N-dealkylation sites (N-methyl/N-ethyl adjacent to an activating group) is 1. The Bertz CT molecular complexity index is 150. The lowest BCUT2D eigenvalue weighted by Gasteiger charge is -2.22. The third-order valence-electron chi connectivity index (χ3n) is 2.35. The first kappa shape index (κ1) is 9.75. The maximum Gasteiger partial charge on any atom is 0.0731 e. The highest BCUT2D eigenvalue weighted by Crippen LogP contribution is 2.19. The molecule has 0 spiro atoms. The van der Waals surface area contributed by atoms with Crippen molar-refractivity contribution in [3.8, 4) is 0 Å². The maximum atomic E-state index is 5.60. The van der Waals surface area contributed by atoms with Crippen LogP contribution >= 0.6 is 0 Å². The van der Waals surface area contributed by atoms with Crippen LogP contribution in [-0.2, 0) is 4.74 Å². The Hall–Kier alpha value is -0.340. The Balaban J connectivity index is 2.37. The zero-order valence-electron chi connectivity index (χ0n) is 8.10. The zero-order chi connectivity index (χ0) is 8.97. The SMILES string of the molecule is C=C(C)CC(NC)C1CCCO1. The molecule has 2 nitrogen and oxygen atoms in total. The van der Waals surface area contributed by atoms with Gasteiger partial charge in [0.05, 0.1) is 6.10 Å². The molecule has 0 amide bonds. The van der Waals surface area contributed by atoms with Crippen molar-refractivity contribution in [3.05, 3.63) is 12.2 Å². The fourth-order valence-corrected chi connectivity index (χ4v) is 1.71. The second-order valence-corrected chi connectivity index (χ2v) is 3.61. The molecule has 0 aliphatic carbocycles. The second-order valence-electron chi connectivity index (χ2n) is 3.61. The van der Waals surface area contributed by atoms with Gasteiger partial charge in [0.2, 0.25) is 0 Å². The van der Waals surface area contributed by atoms with Crippen LogP contribution in [0, 0.1) is 0 Å². The molecule has 0 bridgehead atoms. The minimum absolute atomic E-state index is 0.409. The zero-order valence-corrected chi connectivity index (χ0v) is 8.10. The van der Waals surface area contributed by atoms with Gasteiger partial charge in [0.15, 0.2) is 0 Å². The van der Waals surface area contributed by atoms with E-state index in [0.29, 0.717) is 12.1 Å². The summed E-state index contributed by atoms with van der Waals surface area (Å²) in [7, 11) is 2.00. The molecule has 12 heavy (non-hydrogen) atoms. The minimum atomic E-state index is 0.409. The van der Waals surface area contributed by atoms with Crippen molar-refractivity contribution in [1.82, 2.24) is 5.32 Å². The van der Waals surface area contributed by atoms with Crippen molar-refractivity contribution in [2.24, 2.45) is 0 Å². The summed E-state index contributed by atoms with van der Waals surface area (Å²) in [6, 6.07) is 0.463. The van der Waals surface area contributed by atoms with Crippen LogP contribution in [0.5, 0.6) is 0 Å². The van der Waals surface area contributed by atoms with E-state index in [0.717, 1.165) is 13.0 Å². The van der Waals surface area contributed by atoms with Crippen molar-refractivity contribution in [2.75, 3.05) is 13.7 Å². The highest BCUT2D eigenvalue weighted by molar-refractivity contribution is 4.95. The molecule has 0 radical (unpaired) electrons. The summed E-state index contributed by atoms with van der Waals surface area (Å²) in [4.78, 5) is 0. The number of ether oxygens (including phenoxy) is 1. The third kappa shape index (κ3) is 2.61. The van der Waals surface area contributed by atoms with Crippen LogP contribution in [0.25, 0.3) is 0 Å². The Morgan fingerprint density at radius 1 is 1.75 bits per heavy atom. The lowest BCUT2D eigenvalue weighted by molar-refractivity contribution is 0.0808. The van der Waals surface area contributed by atoms with Gasteiger partial charge in [-0.1, -0.05) is 5.57 Å². The average molecular weight is 169 g/mol. The van der Waals surface area contributed by atoms with Gasteiger partial charge in [-0.15, -0.1) is 6.58 Å². The number of hydrogen-bond acceptors (Lipinski definition) is 2. The van der Waals surface area contributed by atoms with E-state index < -0.39 is 0 Å². The molecule has 1 aliphatic rings. The van der Waals surface area contributed by atoms with E-state index in [1.807, 2.05) is 7.05 Å². The van der Waals surface area contributed by atoms with Crippen LogP contribution in [0.3, 0.4) is 0 Å². The fraction of sp³-hybridized carbons (Fsp3) is 0.800. The van der Waals surface area contributed by atoms with Crippen LogP contribution in [0.15, 0.2) is 12.2 Å². The molecule has 0 aromatic carbocycles. The molecule has 2 atom stereocenters. The van der Waals surface area contributed by atoms with Crippen LogP contribution in [0.4, 0.5) is 0 Å². The quantitative estimate of drug-likeness (QED) is 0.647. The molecule has 2 heteroatoms. The minimum Gasteiger partial charge on any atom is -0.377 e. The first-order valence-corrected chi connectivity index (χ1v) is 4.67. The molecule has 1 saturated heterocycles. The molecule has 0 aromatic rings. The molecule has 0 saturated carbocycles. The first-order valence-electron chi connectivity index (χ1n) is 4.67. The summed E-state index contributed by atoms with van der Waals surface area (Å²) in [6.45, 7) is 6.92. The monoisotopic (exact) mass is 169 g/mol. The maximum absolute atomic E-state index is 5.60. The van der Waals surface area contributed by atoms with Crippen LogP contribution in [-0.4, -0.2) is 25.8 Å². The molecular formula is C10H19NO. The summed E-state index contributed by atoms with van der Waals surface area (Å²) < 4.78 is 5.60. The second kappa shape index (κ2) is 4.63. The van der Waals surface area contributed by atoms with Gasteiger partial charge < -0.3 is 10.1 Å². The normalized spacial score (nSPS) is 25.7. The van der Waals surface area contributed by atoms with E-state index in [9.17, 15) is 0 Å². The molecule has 1 rings (SSSR count). The van der Waals surface area contributed by atoms with Gasteiger partial charge >= 0.3 is 0 Å². The largest absolute Gasteiger partial charge is 0.377 e. The fourth-order valence-electron chi connectivity index (χ4n) is 1.71. The van der Waals surface area contributed by atoms with Crippen molar-refractivity contribution < 1.29 is 4.74 Å². The van der Waals surface area contributed by atoms with Crippen molar-refractivity contribution >= 4 is 0 Å². The Labute approximate surface area is 75.0 Å². The van der Waals surface area contributed by atoms with Gasteiger partial charge in [0.25, 0.3) is 0 Å². The standard InChI is InChI=1S/C10H19NO/c1-8(2)7-9(11-3)10-5-4-6-12-10/h9-11H,1,4-7H2,2-3H3. The predicted molar refractivity (Wildman–Crippen MR) is 51.3 cm³/mol. The summed E-state index contributed by atoms with van der Waals surface area (Å²) in [5.74, 6) is 0. The first-order chi connectivity index (χ1) is 5.74. The average Bonchev–Trinajstić information content (AvgIpc) is 2.51. The van der Waals surface area contributed by atoms with E-state index in [4.69, 9.17) is 4.74 Å². The number of hydrogen-bond donors (Lipinski definition) is 1. The van der Waals surface area contributed by atoms with Gasteiger partial charge in [-0.3, -0.25) is 0 Å². The van der Waals surface area contributed by atoms with E-state index in [1.54, 1.807) is 0 Å². The predicted octanol–water partition coefficient (Wildman–Crippen LogP) is 1.72. The van der Waals surface area contributed by atoms with E-state index >= 15 is 0 Å². The van der Waals surface area contributed by atoms with Crippen LogP contribution in [0.1, 0.15) is 26.2 Å². The number of rotatable bonds is 4. The molecule has 1 N–H and O–H groups in total. The molecule has 1 fully saturated rings. The van der Waals surface area contributed by atoms with E-state index in [1.165, 1.54) is 18.4 Å². The molecule has 2 unspecified atom stereocenters. The van der Waals surface area contributed by atoms with Crippen molar-refractivity contribution in [1.29, 1.82) is 0 Å². The lowest BCUT2D eigenvalue weighted by Crippen LogP contribution is -2.37. The summed E-state index contributed by atoms with van der Waals surface area (Å²) in [5.41, 5.74) is 1.23. The molecule has 0 aromatic heterocycles. The topological polar surface area (TPSA) is 21.3 Å². The Morgan fingerprint density at radius 3 is 2.92 bits per heavy atom. The summed E-state index contributed by atoms with van der Waals surface area (Å²) in [6.07, 6.45) is 3.84. The lowest BCUT2D eigenvalue weighted by atomic mass is 10.0. The summed E-state index contributed by atoms with van der Waals surface area (Å²) >= 11 is 0. The van der Waals surface area contributed by atoms with Crippen molar-refractivity contribution in [2.45, 2.75) is 38.3 Å². The van der Waals surface area contributed by atoms with Crippen LogP contribution < -0.4 is 5.32 Å². The van der Waals surface area contributed by atoms with Gasteiger partial charge in [-0.2, -0.15) is 0 Å². The highest BCUT2D eigenvalue weighted by atomic mass is 16.5. The van der Waals surface area contributed by atoms with Gasteiger partial charge in [0.1, 0.15) is 0 Å². The molecule has 70 valence electrons. The van der Waals surface area contributed by atoms with Gasteiger partial charge in [-0.05, 0) is 33.2 Å². The summed E-state index contributed by atoms with van der Waals surface area (Å²) in [5, 5.41) is 3.29. The molecule has 1 heterocycles.